The molecule has 1 aromatic rings. The Morgan fingerprint density at radius 3 is 2.82 bits per heavy atom. The smallest absolute Gasteiger partial charge is 0.0416 e. The zero-order valence-corrected chi connectivity index (χ0v) is 11.5. The lowest BCUT2D eigenvalue weighted by molar-refractivity contribution is 0.468. The largest absolute Gasteiger partial charge is 0.369 e. The van der Waals surface area contributed by atoms with Gasteiger partial charge in [0.05, 0.1) is 0 Å². The maximum atomic E-state index is 3.48. The minimum absolute atomic E-state index is 0.215. The van der Waals surface area contributed by atoms with E-state index in [9.17, 15) is 0 Å². The van der Waals surface area contributed by atoms with Crippen LogP contribution < -0.4 is 10.2 Å². The summed E-state index contributed by atoms with van der Waals surface area (Å²) in [7, 11) is 2.22. The van der Waals surface area contributed by atoms with Crippen LogP contribution in [-0.4, -0.2) is 19.1 Å². The summed E-state index contributed by atoms with van der Waals surface area (Å²) in [5.41, 5.74) is 4.61. The Kier molecular flexibility index (Phi) is 3.43. The number of hydrogen-bond acceptors (Lipinski definition) is 2. The molecule has 2 nitrogen and oxygen atoms in total. The third-order valence-corrected chi connectivity index (χ3v) is 4.26. The topological polar surface area (TPSA) is 15.3 Å². The molecule has 0 fully saturated rings. The first-order valence-electron chi connectivity index (χ1n) is 6.61. The molecular formula is C15H24N2. The highest BCUT2D eigenvalue weighted by atomic mass is 15.2. The summed E-state index contributed by atoms with van der Waals surface area (Å²) in [6.07, 6.45) is 2.31. The number of nitrogens with one attached hydrogen (secondary N) is 1. The van der Waals surface area contributed by atoms with E-state index in [-0.39, 0.29) is 5.54 Å². The lowest BCUT2D eigenvalue weighted by Crippen LogP contribution is -2.41. The monoisotopic (exact) mass is 232 g/mol. The molecule has 2 rings (SSSR count). The van der Waals surface area contributed by atoms with Crippen molar-refractivity contribution < 1.29 is 0 Å². The maximum Gasteiger partial charge on any atom is 0.0416 e. The van der Waals surface area contributed by atoms with Crippen LogP contribution >= 0.6 is 0 Å². The van der Waals surface area contributed by atoms with E-state index in [1.54, 1.807) is 0 Å². The highest BCUT2D eigenvalue weighted by Gasteiger charge is 2.24. The predicted molar refractivity (Wildman–Crippen MR) is 74.6 cm³/mol. The molecule has 1 aliphatic rings. The van der Waals surface area contributed by atoms with Crippen molar-refractivity contribution in [3.05, 3.63) is 29.3 Å². The molecule has 0 saturated carbocycles. The molecule has 1 aliphatic heterocycles. The minimum Gasteiger partial charge on any atom is -0.369 e. The third-order valence-electron chi connectivity index (χ3n) is 4.26. The van der Waals surface area contributed by atoms with Crippen molar-refractivity contribution >= 4 is 5.69 Å². The zero-order chi connectivity index (χ0) is 12.5. The number of benzene rings is 1. The molecule has 1 aromatic carbocycles. The summed E-state index contributed by atoms with van der Waals surface area (Å²) in [4.78, 5) is 2.43. The SMILES string of the molecule is CCC(C)(C)N(C)c1cccc2c1CNCC2. The lowest BCUT2D eigenvalue weighted by Gasteiger charge is -2.39. The van der Waals surface area contributed by atoms with E-state index < -0.39 is 0 Å². The summed E-state index contributed by atoms with van der Waals surface area (Å²) in [5, 5.41) is 3.48. The fraction of sp³-hybridized carbons (Fsp3) is 0.600. The third kappa shape index (κ3) is 2.32. The van der Waals surface area contributed by atoms with E-state index in [2.05, 4.69) is 56.2 Å². The summed E-state index contributed by atoms with van der Waals surface area (Å²) < 4.78 is 0. The minimum atomic E-state index is 0.215. The standard InChI is InChI=1S/C15H24N2/c1-5-15(2,3)17(4)14-8-6-7-12-9-10-16-11-13(12)14/h6-8,16H,5,9-11H2,1-4H3. The van der Waals surface area contributed by atoms with Gasteiger partial charge in [-0.3, -0.25) is 0 Å². The first-order chi connectivity index (χ1) is 8.06. The molecule has 0 saturated heterocycles. The van der Waals surface area contributed by atoms with E-state index in [4.69, 9.17) is 0 Å². The number of nitrogens with zero attached hydrogens (tertiary/aromatic N) is 1. The molecule has 0 unspecified atom stereocenters. The normalized spacial score (nSPS) is 15.5. The molecule has 0 atom stereocenters. The van der Waals surface area contributed by atoms with Crippen LogP contribution in [0.2, 0.25) is 0 Å². The molecule has 0 radical (unpaired) electrons. The summed E-state index contributed by atoms with van der Waals surface area (Å²) in [6, 6.07) is 6.72. The van der Waals surface area contributed by atoms with Crippen molar-refractivity contribution in [2.75, 3.05) is 18.5 Å². The van der Waals surface area contributed by atoms with Crippen LogP contribution in [0.3, 0.4) is 0 Å². The maximum absolute atomic E-state index is 3.48. The predicted octanol–water partition coefficient (Wildman–Crippen LogP) is 2.96. The first kappa shape index (κ1) is 12.4. The molecule has 1 heterocycles. The molecule has 17 heavy (non-hydrogen) atoms. The van der Waals surface area contributed by atoms with Crippen LogP contribution in [0.15, 0.2) is 18.2 Å². The van der Waals surface area contributed by atoms with Gasteiger partial charge in [-0.05, 0) is 50.4 Å². The van der Waals surface area contributed by atoms with Crippen LogP contribution in [0.1, 0.15) is 38.3 Å². The van der Waals surface area contributed by atoms with Crippen LogP contribution in [0.5, 0.6) is 0 Å². The Labute approximate surface area is 105 Å². The van der Waals surface area contributed by atoms with E-state index in [0.717, 1.165) is 25.9 Å². The van der Waals surface area contributed by atoms with Crippen molar-refractivity contribution in [3.8, 4) is 0 Å². The van der Waals surface area contributed by atoms with Gasteiger partial charge in [-0.25, -0.2) is 0 Å². The van der Waals surface area contributed by atoms with Gasteiger partial charge in [0.15, 0.2) is 0 Å². The molecule has 0 spiro atoms. The van der Waals surface area contributed by atoms with Gasteiger partial charge in [0.2, 0.25) is 0 Å². The Balaban J connectivity index is 2.39. The molecule has 1 N–H and O–H groups in total. The van der Waals surface area contributed by atoms with Gasteiger partial charge in [0.1, 0.15) is 0 Å². The fourth-order valence-electron chi connectivity index (χ4n) is 2.37. The summed E-state index contributed by atoms with van der Waals surface area (Å²) in [6.45, 7) is 8.99. The van der Waals surface area contributed by atoms with Crippen LogP contribution in [0, 0.1) is 0 Å². The summed E-state index contributed by atoms with van der Waals surface area (Å²) >= 11 is 0. The van der Waals surface area contributed by atoms with Gasteiger partial charge in [0, 0.05) is 24.8 Å². The molecule has 0 aromatic heterocycles. The molecule has 0 aliphatic carbocycles. The number of rotatable bonds is 3. The van der Waals surface area contributed by atoms with Gasteiger partial charge in [-0.2, -0.15) is 0 Å². The second-order valence-corrected chi connectivity index (χ2v) is 5.57. The van der Waals surface area contributed by atoms with Crippen molar-refractivity contribution in [3.63, 3.8) is 0 Å². The second kappa shape index (κ2) is 4.69. The number of hydrogen-bond donors (Lipinski definition) is 1. The Bertz CT molecular complexity index is 396. The Morgan fingerprint density at radius 1 is 1.35 bits per heavy atom. The van der Waals surface area contributed by atoms with Gasteiger partial charge >= 0.3 is 0 Å². The van der Waals surface area contributed by atoms with Gasteiger partial charge in [-0.1, -0.05) is 19.1 Å². The molecule has 94 valence electrons. The first-order valence-corrected chi connectivity index (χ1v) is 6.61. The van der Waals surface area contributed by atoms with E-state index in [0.29, 0.717) is 0 Å². The van der Waals surface area contributed by atoms with Gasteiger partial charge < -0.3 is 10.2 Å². The van der Waals surface area contributed by atoms with Gasteiger partial charge in [0.25, 0.3) is 0 Å². The zero-order valence-electron chi connectivity index (χ0n) is 11.5. The molecule has 0 amide bonds. The van der Waals surface area contributed by atoms with Crippen molar-refractivity contribution in [1.82, 2.24) is 5.32 Å². The molecular weight excluding hydrogens is 208 g/mol. The lowest BCUT2D eigenvalue weighted by atomic mass is 9.94. The van der Waals surface area contributed by atoms with Crippen LogP contribution in [0.25, 0.3) is 0 Å². The molecule has 2 heteroatoms. The average Bonchev–Trinajstić information content (AvgIpc) is 2.37. The van der Waals surface area contributed by atoms with Crippen molar-refractivity contribution in [2.24, 2.45) is 0 Å². The quantitative estimate of drug-likeness (QED) is 0.862. The number of fused-ring (bicyclic) bond motifs is 1. The number of anilines is 1. The fourth-order valence-corrected chi connectivity index (χ4v) is 2.37. The molecule has 0 bridgehead atoms. The van der Waals surface area contributed by atoms with Gasteiger partial charge in [-0.15, -0.1) is 0 Å². The van der Waals surface area contributed by atoms with E-state index in [1.165, 1.54) is 16.8 Å². The average molecular weight is 232 g/mol. The Morgan fingerprint density at radius 2 is 2.12 bits per heavy atom. The highest BCUT2D eigenvalue weighted by Crippen LogP contribution is 2.31. The van der Waals surface area contributed by atoms with Crippen molar-refractivity contribution in [2.45, 2.75) is 45.7 Å². The van der Waals surface area contributed by atoms with E-state index >= 15 is 0 Å². The Hall–Kier alpha value is -1.02. The summed E-state index contributed by atoms with van der Waals surface area (Å²) in [5.74, 6) is 0. The van der Waals surface area contributed by atoms with E-state index in [1.807, 2.05) is 0 Å². The second-order valence-electron chi connectivity index (χ2n) is 5.57. The van der Waals surface area contributed by atoms with Crippen LogP contribution in [-0.2, 0) is 13.0 Å². The highest BCUT2D eigenvalue weighted by molar-refractivity contribution is 5.58. The van der Waals surface area contributed by atoms with Crippen molar-refractivity contribution in [1.29, 1.82) is 0 Å². The van der Waals surface area contributed by atoms with Crippen LogP contribution in [0.4, 0.5) is 5.69 Å².